The van der Waals surface area contributed by atoms with Gasteiger partial charge in [-0.15, -0.1) is 0 Å². The van der Waals surface area contributed by atoms with Crippen molar-refractivity contribution in [1.29, 1.82) is 0 Å². The van der Waals surface area contributed by atoms with E-state index in [-0.39, 0.29) is 12.4 Å². The molecule has 128 valence electrons. The lowest BCUT2D eigenvalue weighted by Gasteiger charge is -2.19. The zero-order valence-electron chi connectivity index (χ0n) is 14.4. The number of hydrogen-bond acceptors (Lipinski definition) is 4. The van der Waals surface area contributed by atoms with Crippen LogP contribution in [0.1, 0.15) is 32.8 Å². The molecule has 0 amide bonds. The second-order valence-corrected chi connectivity index (χ2v) is 5.02. The summed E-state index contributed by atoms with van der Waals surface area (Å²) in [7, 11) is 0. The average molecular weight is 320 g/mol. The molecule has 0 saturated heterocycles. The summed E-state index contributed by atoms with van der Waals surface area (Å²) in [6, 6.07) is 10.1. The quantitative estimate of drug-likeness (QED) is 0.356. The van der Waals surface area contributed by atoms with Crippen molar-refractivity contribution in [3.8, 4) is 11.8 Å². The normalized spacial score (nSPS) is 12.0. The molecule has 1 aromatic carbocycles. The highest BCUT2D eigenvalue weighted by atomic mass is 16.7. The maximum absolute atomic E-state index is 5.69. The van der Waals surface area contributed by atoms with Gasteiger partial charge in [-0.2, -0.15) is 0 Å². The van der Waals surface area contributed by atoms with E-state index in [4.69, 9.17) is 18.9 Å². The van der Waals surface area contributed by atoms with Crippen LogP contribution in [0.25, 0.3) is 0 Å². The molecule has 0 radical (unpaired) electrons. The highest BCUT2D eigenvalue weighted by molar-refractivity contribution is 5.13. The SMILES string of the molecule is CCOC(COC(C)CC#CCOCc1ccccc1)OCC. The highest BCUT2D eigenvalue weighted by Crippen LogP contribution is 2.02. The molecule has 23 heavy (non-hydrogen) atoms. The number of rotatable bonds is 11. The summed E-state index contributed by atoms with van der Waals surface area (Å²) >= 11 is 0. The molecule has 0 aliphatic heterocycles. The Labute approximate surface area is 140 Å². The van der Waals surface area contributed by atoms with Crippen LogP contribution in [0.5, 0.6) is 0 Å². The van der Waals surface area contributed by atoms with Crippen molar-refractivity contribution < 1.29 is 18.9 Å². The van der Waals surface area contributed by atoms with Gasteiger partial charge in [0, 0.05) is 19.6 Å². The molecule has 0 aliphatic carbocycles. The largest absolute Gasteiger partial charge is 0.372 e. The molecule has 1 unspecified atom stereocenters. The van der Waals surface area contributed by atoms with Gasteiger partial charge < -0.3 is 18.9 Å². The van der Waals surface area contributed by atoms with Crippen LogP contribution in [0, 0.1) is 11.8 Å². The first-order valence-corrected chi connectivity index (χ1v) is 8.18. The molecule has 0 spiro atoms. The lowest BCUT2D eigenvalue weighted by Crippen LogP contribution is -2.26. The third-order valence-electron chi connectivity index (χ3n) is 3.02. The zero-order chi connectivity index (χ0) is 16.8. The molecule has 0 bridgehead atoms. The Morgan fingerprint density at radius 1 is 0.957 bits per heavy atom. The minimum absolute atomic E-state index is 0.0417. The zero-order valence-corrected chi connectivity index (χ0v) is 14.4. The summed E-state index contributed by atoms with van der Waals surface area (Å²) < 4.78 is 22.1. The van der Waals surface area contributed by atoms with Crippen molar-refractivity contribution in [2.45, 2.75) is 46.2 Å². The fourth-order valence-corrected chi connectivity index (χ4v) is 1.88. The predicted molar refractivity (Wildman–Crippen MR) is 90.9 cm³/mol. The van der Waals surface area contributed by atoms with Crippen molar-refractivity contribution in [3.63, 3.8) is 0 Å². The first kappa shape index (κ1) is 19.7. The van der Waals surface area contributed by atoms with E-state index in [0.717, 1.165) is 5.56 Å². The molecule has 4 heteroatoms. The van der Waals surface area contributed by atoms with Crippen molar-refractivity contribution in [1.82, 2.24) is 0 Å². The molecule has 1 aromatic rings. The predicted octanol–water partition coefficient (Wildman–Crippen LogP) is 3.40. The van der Waals surface area contributed by atoms with E-state index in [1.807, 2.05) is 51.1 Å². The molecule has 1 rings (SSSR count). The number of hydrogen-bond donors (Lipinski definition) is 0. The third-order valence-corrected chi connectivity index (χ3v) is 3.02. The summed E-state index contributed by atoms with van der Waals surface area (Å²) in [6.45, 7) is 8.55. The van der Waals surface area contributed by atoms with Gasteiger partial charge in [-0.1, -0.05) is 42.2 Å². The monoisotopic (exact) mass is 320 g/mol. The van der Waals surface area contributed by atoms with Gasteiger partial charge in [0.05, 0.1) is 19.3 Å². The smallest absolute Gasteiger partial charge is 0.180 e. The van der Waals surface area contributed by atoms with Gasteiger partial charge in [0.25, 0.3) is 0 Å². The van der Waals surface area contributed by atoms with Crippen molar-refractivity contribution in [2.24, 2.45) is 0 Å². The van der Waals surface area contributed by atoms with Gasteiger partial charge in [0.2, 0.25) is 0 Å². The van der Waals surface area contributed by atoms with E-state index in [0.29, 0.717) is 39.5 Å². The van der Waals surface area contributed by atoms with E-state index in [9.17, 15) is 0 Å². The maximum Gasteiger partial charge on any atom is 0.180 e. The molecular formula is C19H28O4. The Kier molecular flexibility index (Phi) is 11.2. The van der Waals surface area contributed by atoms with E-state index >= 15 is 0 Å². The van der Waals surface area contributed by atoms with E-state index < -0.39 is 0 Å². The van der Waals surface area contributed by atoms with Crippen LogP contribution in [-0.4, -0.2) is 38.8 Å². The fourth-order valence-electron chi connectivity index (χ4n) is 1.88. The summed E-state index contributed by atoms with van der Waals surface area (Å²) in [6.07, 6.45) is 0.411. The summed E-state index contributed by atoms with van der Waals surface area (Å²) in [5.41, 5.74) is 1.16. The summed E-state index contributed by atoms with van der Waals surface area (Å²) in [4.78, 5) is 0. The van der Waals surface area contributed by atoms with E-state index in [2.05, 4.69) is 11.8 Å². The van der Waals surface area contributed by atoms with Crippen LogP contribution in [0.2, 0.25) is 0 Å². The second-order valence-electron chi connectivity index (χ2n) is 5.02. The Bertz CT molecular complexity index is 443. The molecular weight excluding hydrogens is 292 g/mol. The van der Waals surface area contributed by atoms with Crippen LogP contribution in [-0.2, 0) is 25.6 Å². The molecule has 0 fully saturated rings. The molecule has 0 saturated carbocycles. The lowest BCUT2D eigenvalue weighted by molar-refractivity contribution is -0.174. The Hall–Kier alpha value is -1.38. The van der Waals surface area contributed by atoms with Gasteiger partial charge in [0.1, 0.15) is 6.61 Å². The highest BCUT2D eigenvalue weighted by Gasteiger charge is 2.10. The standard InChI is InChI=1S/C19H28O4/c1-4-21-19(22-5-2)16-23-17(3)11-9-10-14-20-15-18-12-7-6-8-13-18/h6-8,12-13,17,19H,4-5,11,14-16H2,1-3H3. The maximum atomic E-state index is 5.69. The third kappa shape index (κ3) is 10.1. The molecule has 0 heterocycles. The van der Waals surface area contributed by atoms with E-state index in [1.165, 1.54) is 0 Å². The number of benzene rings is 1. The Balaban J connectivity index is 2.12. The molecule has 0 N–H and O–H groups in total. The van der Waals surface area contributed by atoms with Crippen LogP contribution in [0.3, 0.4) is 0 Å². The Morgan fingerprint density at radius 2 is 1.65 bits per heavy atom. The summed E-state index contributed by atoms with van der Waals surface area (Å²) in [5.74, 6) is 6.09. The van der Waals surface area contributed by atoms with Crippen LogP contribution in [0.4, 0.5) is 0 Å². The first-order valence-electron chi connectivity index (χ1n) is 8.18. The van der Waals surface area contributed by atoms with Gasteiger partial charge >= 0.3 is 0 Å². The molecule has 4 nitrogen and oxygen atoms in total. The van der Waals surface area contributed by atoms with Crippen LogP contribution in [0.15, 0.2) is 30.3 Å². The van der Waals surface area contributed by atoms with Crippen molar-refractivity contribution in [2.75, 3.05) is 26.4 Å². The van der Waals surface area contributed by atoms with Crippen LogP contribution < -0.4 is 0 Å². The van der Waals surface area contributed by atoms with Gasteiger partial charge in [-0.3, -0.25) is 0 Å². The van der Waals surface area contributed by atoms with E-state index in [1.54, 1.807) is 0 Å². The Morgan fingerprint density at radius 3 is 2.30 bits per heavy atom. The summed E-state index contributed by atoms with van der Waals surface area (Å²) in [5, 5.41) is 0. The van der Waals surface area contributed by atoms with Crippen molar-refractivity contribution in [3.05, 3.63) is 35.9 Å². The van der Waals surface area contributed by atoms with Gasteiger partial charge in [-0.25, -0.2) is 0 Å². The fraction of sp³-hybridized carbons (Fsp3) is 0.579. The lowest BCUT2D eigenvalue weighted by atomic mass is 10.2. The molecule has 0 aliphatic rings. The van der Waals surface area contributed by atoms with Crippen LogP contribution >= 0.6 is 0 Å². The van der Waals surface area contributed by atoms with Crippen molar-refractivity contribution >= 4 is 0 Å². The minimum atomic E-state index is -0.297. The molecule has 1 atom stereocenters. The number of ether oxygens (including phenoxy) is 4. The van der Waals surface area contributed by atoms with Gasteiger partial charge in [-0.05, 0) is 26.3 Å². The van der Waals surface area contributed by atoms with Gasteiger partial charge in [0.15, 0.2) is 6.29 Å². The minimum Gasteiger partial charge on any atom is -0.372 e. The average Bonchev–Trinajstić information content (AvgIpc) is 2.57. The second kappa shape index (κ2) is 13.1. The first-order chi connectivity index (χ1) is 11.3. The molecule has 0 aromatic heterocycles. The topological polar surface area (TPSA) is 36.9 Å².